The van der Waals surface area contributed by atoms with E-state index in [9.17, 15) is 0 Å². The van der Waals surface area contributed by atoms with E-state index < -0.39 is 0 Å². The van der Waals surface area contributed by atoms with Gasteiger partial charge in [0.05, 0.1) is 6.26 Å². The zero-order valence-electron chi connectivity index (χ0n) is 10.1. The van der Waals surface area contributed by atoms with E-state index in [0.29, 0.717) is 0 Å². The lowest BCUT2D eigenvalue weighted by Crippen LogP contribution is -2.35. The van der Waals surface area contributed by atoms with E-state index in [4.69, 9.17) is 4.42 Å². The Morgan fingerprint density at radius 3 is 3.18 bits per heavy atom. The zero-order chi connectivity index (χ0) is 11.5. The monoisotopic (exact) mass is 232 g/mol. The molecule has 2 aliphatic heterocycles. The van der Waals surface area contributed by atoms with E-state index in [1.165, 1.54) is 32.4 Å². The fraction of sp³-hybridized carbons (Fsp3) is 0.571. The van der Waals surface area contributed by atoms with E-state index in [0.717, 1.165) is 24.4 Å². The summed E-state index contributed by atoms with van der Waals surface area (Å²) < 4.78 is 5.28. The van der Waals surface area contributed by atoms with Crippen LogP contribution in [0.15, 0.2) is 28.9 Å². The molecule has 2 atom stereocenters. The molecule has 1 N–H and O–H groups in total. The van der Waals surface area contributed by atoms with Crippen molar-refractivity contribution in [2.75, 3.05) is 19.6 Å². The third kappa shape index (κ3) is 2.79. The van der Waals surface area contributed by atoms with Crippen LogP contribution in [0.3, 0.4) is 0 Å². The summed E-state index contributed by atoms with van der Waals surface area (Å²) in [5.74, 6) is 0.944. The maximum atomic E-state index is 5.28. The van der Waals surface area contributed by atoms with Crippen molar-refractivity contribution in [1.29, 1.82) is 0 Å². The van der Waals surface area contributed by atoms with Crippen molar-refractivity contribution in [3.05, 3.63) is 30.2 Å². The maximum Gasteiger partial charge on any atom is 0.126 e. The van der Waals surface area contributed by atoms with Crippen molar-refractivity contribution in [1.82, 2.24) is 10.2 Å². The second-order valence-corrected chi connectivity index (χ2v) is 5.10. The Labute approximate surface area is 102 Å². The van der Waals surface area contributed by atoms with Crippen molar-refractivity contribution >= 4 is 6.08 Å². The molecule has 92 valence electrons. The van der Waals surface area contributed by atoms with E-state index in [-0.39, 0.29) is 0 Å². The third-order valence-corrected chi connectivity index (χ3v) is 3.80. The molecular formula is C14H20N2O. The number of fused-ring (bicyclic) bond motifs is 2. The van der Waals surface area contributed by atoms with Gasteiger partial charge in [0.15, 0.2) is 0 Å². The predicted octanol–water partition coefficient (Wildman–Crippen LogP) is 2.12. The second-order valence-electron chi connectivity index (χ2n) is 5.10. The number of likely N-dealkylation sites (tertiary alicyclic amines) is 1. The molecule has 17 heavy (non-hydrogen) atoms. The van der Waals surface area contributed by atoms with Crippen LogP contribution >= 0.6 is 0 Å². The quantitative estimate of drug-likeness (QED) is 0.865. The Bertz CT molecular complexity index is 372. The lowest BCUT2D eigenvalue weighted by molar-refractivity contribution is 0.285. The van der Waals surface area contributed by atoms with Gasteiger partial charge in [-0.2, -0.15) is 0 Å². The summed E-state index contributed by atoms with van der Waals surface area (Å²) in [4.78, 5) is 2.54. The van der Waals surface area contributed by atoms with Crippen LogP contribution in [-0.4, -0.2) is 36.6 Å². The number of hydrogen-bond acceptors (Lipinski definition) is 3. The van der Waals surface area contributed by atoms with E-state index in [1.807, 2.05) is 12.1 Å². The van der Waals surface area contributed by atoms with Crippen molar-refractivity contribution in [2.45, 2.75) is 31.3 Å². The van der Waals surface area contributed by atoms with Gasteiger partial charge < -0.3 is 9.73 Å². The average molecular weight is 232 g/mol. The highest BCUT2D eigenvalue weighted by atomic mass is 16.3. The molecule has 2 bridgehead atoms. The molecule has 0 saturated carbocycles. The molecule has 0 aromatic carbocycles. The molecule has 0 spiro atoms. The first kappa shape index (κ1) is 11.1. The SMILES string of the molecule is C(=Cc1ccco1)CN1CC[C@H]2CC[C@@H](C1)N2. The normalized spacial score (nSPS) is 29.9. The predicted molar refractivity (Wildman–Crippen MR) is 68.7 cm³/mol. The Balaban J connectivity index is 1.52. The molecule has 2 fully saturated rings. The fourth-order valence-electron chi connectivity index (χ4n) is 2.89. The molecule has 3 rings (SSSR count). The summed E-state index contributed by atoms with van der Waals surface area (Å²) in [7, 11) is 0. The smallest absolute Gasteiger partial charge is 0.126 e. The topological polar surface area (TPSA) is 28.4 Å². The number of nitrogens with zero attached hydrogens (tertiary/aromatic N) is 1. The van der Waals surface area contributed by atoms with Crippen LogP contribution in [0.1, 0.15) is 25.0 Å². The van der Waals surface area contributed by atoms with Crippen molar-refractivity contribution < 1.29 is 4.42 Å². The van der Waals surface area contributed by atoms with Crippen molar-refractivity contribution in [3.8, 4) is 0 Å². The number of hydrogen-bond donors (Lipinski definition) is 1. The summed E-state index contributed by atoms with van der Waals surface area (Å²) in [6.07, 6.45) is 10.0. The van der Waals surface area contributed by atoms with Gasteiger partial charge in [-0.05, 0) is 37.5 Å². The first-order valence-corrected chi connectivity index (χ1v) is 6.58. The van der Waals surface area contributed by atoms with Crippen LogP contribution < -0.4 is 5.32 Å². The molecule has 0 radical (unpaired) electrons. The first-order valence-electron chi connectivity index (χ1n) is 6.58. The van der Waals surface area contributed by atoms with Crippen LogP contribution in [0, 0.1) is 0 Å². The van der Waals surface area contributed by atoms with Crippen LogP contribution in [0.25, 0.3) is 6.08 Å². The van der Waals surface area contributed by atoms with E-state index in [1.54, 1.807) is 6.26 Å². The summed E-state index contributed by atoms with van der Waals surface area (Å²) in [6, 6.07) is 5.41. The highest BCUT2D eigenvalue weighted by molar-refractivity contribution is 5.42. The minimum absolute atomic E-state index is 0.722. The minimum Gasteiger partial charge on any atom is -0.465 e. The largest absolute Gasteiger partial charge is 0.465 e. The summed E-state index contributed by atoms with van der Waals surface area (Å²) in [5, 5.41) is 3.70. The molecule has 3 heterocycles. The van der Waals surface area contributed by atoms with E-state index >= 15 is 0 Å². The number of rotatable bonds is 3. The highest BCUT2D eigenvalue weighted by Crippen LogP contribution is 2.20. The lowest BCUT2D eigenvalue weighted by Gasteiger charge is -2.22. The van der Waals surface area contributed by atoms with Gasteiger partial charge in [0.1, 0.15) is 5.76 Å². The molecule has 3 nitrogen and oxygen atoms in total. The molecule has 2 aliphatic rings. The molecule has 2 saturated heterocycles. The molecule has 1 aromatic heterocycles. The van der Waals surface area contributed by atoms with Crippen LogP contribution in [0.2, 0.25) is 0 Å². The molecule has 0 amide bonds. The Hall–Kier alpha value is -1.06. The van der Waals surface area contributed by atoms with Crippen molar-refractivity contribution in [2.24, 2.45) is 0 Å². The summed E-state index contributed by atoms with van der Waals surface area (Å²) >= 11 is 0. The molecular weight excluding hydrogens is 212 g/mol. The Morgan fingerprint density at radius 2 is 2.29 bits per heavy atom. The molecule has 0 unspecified atom stereocenters. The molecule has 1 aromatic rings. The molecule has 3 heteroatoms. The highest BCUT2D eigenvalue weighted by Gasteiger charge is 2.28. The molecule has 0 aliphatic carbocycles. The summed E-state index contributed by atoms with van der Waals surface area (Å²) in [5.41, 5.74) is 0. The van der Waals surface area contributed by atoms with Crippen molar-refractivity contribution in [3.63, 3.8) is 0 Å². The standard InChI is InChI=1S/C14H20N2O/c1(3-14-4-2-10-17-14)8-16-9-7-12-5-6-13(11-16)15-12/h1-4,10,12-13,15H,5-9,11H2/t12-,13+/m1/s1. The Kier molecular flexibility index (Phi) is 3.29. The lowest BCUT2D eigenvalue weighted by atomic mass is 10.1. The van der Waals surface area contributed by atoms with Crippen LogP contribution in [0.4, 0.5) is 0 Å². The second kappa shape index (κ2) is 5.07. The van der Waals surface area contributed by atoms with Gasteiger partial charge in [-0.3, -0.25) is 4.90 Å². The van der Waals surface area contributed by atoms with Gasteiger partial charge in [-0.15, -0.1) is 0 Å². The minimum atomic E-state index is 0.722. The maximum absolute atomic E-state index is 5.28. The van der Waals surface area contributed by atoms with Gasteiger partial charge in [-0.1, -0.05) is 6.08 Å². The van der Waals surface area contributed by atoms with Gasteiger partial charge in [-0.25, -0.2) is 0 Å². The van der Waals surface area contributed by atoms with Gasteiger partial charge in [0.2, 0.25) is 0 Å². The van der Waals surface area contributed by atoms with Crippen LogP contribution in [-0.2, 0) is 0 Å². The number of furan rings is 1. The van der Waals surface area contributed by atoms with Gasteiger partial charge >= 0.3 is 0 Å². The fourth-order valence-corrected chi connectivity index (χ4v) is 2.89. The number of nitrogens with one attached hydrogen (secondary N) is 1. The van der Waals surface area contributed by atoms with Gasteiger partial charge in [0.25, 0.3) is 0 Å². The zero-order valence-corrected chi connectivity index (χ0v) is 10.1. The first-order chi connectivity index (χ1) is 8.40. The summed E-state index contributed by atoms with van der Waals surface area (Å²) in [6.45, 7) is 3.45. The third-order valence-electron chi connectivity index (χ3n) is 3.80. The Morgan fingerprint density at radius 1 is 1.35 bits per heavy atom. The van der Waals surface area contributed by atoms with Gasteiger partial charge in [0, 0.05) is 31.7 Å². The van der Waals surface area contributed by atoms with Crippen LogP contribution in [0.5, 0.6) is 0 Å². The average Bonchev–Trinajstić information content (AvgIpc) is 2.91. The van der Waals surface area contributed by atoms with E-state index in [2.05, 4.69) is 22.4 Å².